The van der Waals surface area contributed by atoms with Gasteiger partial charge in [-0.25, -0.2) is 0 Å². The van der Waals surface area contributed by atoms with Crippen LogP contribution in [-0.4, -0.2) is 11.9 Å². The van der Waals surface area contributed by atoms with Crippen LogP contribution in [0.2, 0.25) is 0 Å². The average Bonchev–Trinajstić information content (AvgIpc) is 2.94. The minimum absolute atomic E-state index is 0.324. The molecule has 0 aliphatic heterocycles. The second kappa shape index (κ2) is 4.33. The van der Waals surface area contributed by atoms with Crippen molar-refractivity contribution in [1.82, 2.24) is 5.32 Å². The highest BCUT2D eigenvalue weighted by atomic mass is 16.2. The fraction of sp³-hybridized carbons (Fsp3) is 0.917. The van der Waals surface area contributed by atoms with E-state index in [1.807, 2.05) is 0 Å². The summed E-state index contributed by atoms with van der Waals surface area (Å²) in [6.45, 7) is 2.32. The fourth-order valence-electron chi connectivity index (χ4n) is 2.30. The molecule has 2 fully saturated rings. The fourth-order valence-corrected chi connectivity index (χ4v) is 2.30. The Morgan fingerprint density at radius 1 is 1.07 bits per heavy atom. The summed E-state index contributed by atoms with van der Waals surface area (Å²) in [6.07, 6.45) is 8.55. The highest BCUT2D eigenvalue weighted by Gasteiger charge is 2.31. The highest BCUT2D eigenvalue weighted by molar-refractivity contribution is 5.81. The van der Waals surface area contributed by atoms with Gasteiger partial charge in [-0.1, -0.05) is 19.8 Å². The molecule has 80 valence electrons. The van der Waals surface area contributed by atoms with Gasteiger partial charge in [-0.2, -0.15) is 0 Å². The van der Waals surface area contributed by atoms with Gasteiger partial charge in [-0.15, -0.1) is 0 Å². The van der Waals surface area contributed by atoms with Crippen molar-refractivity contribution in [2.24, 2.45) is 11.8 Å². The van der Waals surface area contributed by atoms with Gasteiger partial charge in [0.1, 0.15) is 0 Å². The summed E-state index contributed by atoms with van der Waals surface area (Å²) in [7, 11) is 0. The molecule has 0 saturated heterocycles. The third-order valence-corrected chi connectivity index (χ3v) is 3.55. The lowest BCUT2D eigenvalue weighted by Gasteiger charge is -2.16. The van der Waals surface area contributed by atoms with E-state index in [0.717, 1.165) is 18.8 Å². The van der Waals surface area contributed by atoms with Crippen LogP contribution in [0.1, 0.15) is 51.9 Å². The van der Waals surface area contributed by atoms with Crippen LogP contribution in [0, 0.1) is 11.8 Å². The Hall–Kier alpha value is -0.530. The van der Waals surface area contributed by atoms with Gasteiger partial charge in [-0.3, -0.25) is 4.79 Å². The summed E-state index contributed by atoms with van der Waals surface area (Å²) in [5.74, 6) is 1.55. The van der Waals surface area contributed by atoms with E-state index in [4.69, 9.17) is 0 Å². The topological polar surface area (TPSA) is 29.1 Å². The van der Waals surface area contributed by atoms with E-state index in [1.165, 1.54) is 32.1 Å². The molecule has 0 aromatic rings. The molecule has 2 aliphatic carbocycles. The summed E-state index contributed by atoms with van der Waals surface area (Å²) < 4.78 is 0. The Morgan fingerprint density at radius 3 is 2.57 bits per heavy atom. The summed E-state index contributed by atoms with van der Waals surface area (Å²) >= 11 is 0. The van der Waals surface area contributed by atoms with Gasteiger partial charge >= 0.3 is 0 Å². The first-order chi connectivity index (χ1) is 6.75. The van der Waals surface area contributed by atoms with Crippen LogP contribution in [0.5, 0.6) is 0 Å². The van der Waals surface area contributed by atoms with Crippen molar-refractivity contribution in [1.29, 1.82) is 0 Å². The van der Waals surface area contributed by atoms with Gasteiger partial charge < -0.3 is 5.32 Å². The molecular weight excluding hydrogens is 174 g/mol. The molecule has 2 atom stereocenters. The van der Waals surface area contributed by atoms with Crippen molar-refractivity contribution in [2.75, 3.05) is 0 Å². The van der Waals surface area contributed by atoms with Crippen molar-refractivity contribution < 1.29 is 4.79 Å². The molecular formula is C12H21NO. The van der Waals surface area contributed by atoms with Crippen molar-refractivity contribution in [3.05, 3.63) is 0 Å². The maximum Gasteiger partial charge on any atom is 0.223 e. The maximum atomic E-state index is 11.6. The SMILES string of the molecule is CC1CCCC(NC(=O)C2CC2)CC1. The highest BCUT2D eigenvalue weighted by Crippen LogP contribution is 2.30. The number of amides is 1. The van der Waals surface area contributed by atoms with Crippen LogP contribution in [0.15, 0.2) is 0 Å². The average molecular weight is 195 g/mol. The number of hydrogen-bond acceptors (Lipinski definition) is 1. The molecule has 0 radical (unpaired) electrons. The van der Waals surface area contributed by atoms with E-state index in [2.05, 4.69) is 12.2 Å². The first-order valence-corrected chi connectivity index (χ1v) is 6.06. The molecule has 0 bridgehead atoms. The second-order valence-corrected chi connectivity index (χ2v) is 5.09. The van der Waals surface area contributed by atoms with Crippen LogP contribution < -0.4 is 5.32 Å². The van der Waals surface area contributed by atoms with Crippen LogP contribution in [0.25, 0.3) is 0 Å². The van der Waals surface area contributed by atoms with Crippen LogP contribution in [-0.2, 0) is 4.79 Å². The summed E-state index contributed by atoms with van der Waals surface area (Å²) in [5.41, 5.74) is 0. The number of rotatable bonds is 2. The molecule has 0 aromatic carbocycles. The molecule has 2 heteroatoms. The van der Waals surface area contributed by atoms with Gasteiger partial charge in [0.15, 0.2) is 0 Å². The molecule has 2 rings (SSSR count). The lowest BCUT2D eigenvalue weighted by Crippen LogP contribution is -2.35. The third kappa shape index (κ3) is 2.73. The normalized spacial score (nSPS) is 33.5. The minimum Gasteiger partial charge on any atom is -0.353 e. The molecule has 0 heterocycles. The quantitative estimate of drug-likeness (QED) is 0.674. The van der Waals surface area contributed by atoms with Crippen molar-refractivity contribution in [2.45, 2.75) is 57.9 Å². The number of nitrogens with one attached hydrogen (secondary N) is 1. The Balaban J connectivity index is 1.76. The zero-order valence-electron chi connectivity index (χ0n) is 9.09. The van der Waals surface area contributed by atoms with Crippen molar-refractivity contribution in [3.8, 4) is 0 Å². The Labute approximate surface area is 86.5 Å². The molecule has 14 heavy (non-hydrogen) atoms. The molecule has 2 unspecified atom stereocenters. The monoisotopic (exact) mass is 195 g/mol. The molecule has 2 saturated carbocycles. The van der Waals surface area contributed by atoms with Gasteiger partial charge in [0.2, 0.25) is 5.91 Å². The van der Waals surface area contributed by atoms with E-state index < -0.39 is 0 Å². The number of hydrogen-bond donors (Lipinski definition) is 1. The van der Waals surface area contributed by atoms with E-state index in [0.29, 0.717) is 17.9 Å². The van der Waals surface area contributed by atoms with Crippen LogP contribution >= 0.6 is 0 Å². The number of carbonyl (C=O) groups excluding carboxylic acids is 1. The minimum atomic E-state index is 0.324. The smallest absolute Gasteiger partial charge is 0.223 e. The first-order valence-electron chi connectivity index (χ1n) is 6.06. The summed E-state index contributed by atoms with van der Waals surface area (Å²) in [5, 5.41) is 3.20. The molecule has 2 nitrogen and oxygen atoms in total. The van der Waals surface area contributed by atoms with Crippen molar-refractivity contribution in [3.63, 3.8) is 0 Å². The van der Waals surface area contributed by atoms with Gasteiger partial charge in [-0.05, 0) is 38.0 Å². The van der Waals surface area contributed by atoms with Gasteiger partial charge in [0, 0.05) is 12.0 Å². The molecule has 1 amide bonds. The predicted octanol–water partition coefficient (Wildman–Crippen LogP) is 2.48. The van der Waals surface area contributed by atoms with Crippen LogP contribution in [0.3, 0.4) is 0 Å². The van der Waals surface area contributed by atoms with E-state index >= 15 is 0 Å². The van der Waals surface area contributed by atoms with E-state index in [1.54, 1.807) is 0 Å². The van der Waals surface area contributed by atoms with Crippen LogP contribution in [0.4, 0.5) is 0 Å². The van der Waals surface area contributed by atoms with Crippen molar-refractivity contribution >= 4 is 5.91 Å². The zero-order chi connectivity index (χ0) is 9.97. The van der Waals surface area contributed by atoms with E-state index in [9.17, 15) is 4.79 Å². The third-order valence-electron chi connectivity index (χ3n) is 3.55. The molecule has 0 aromatic heterocycles. The standard InChI is InChI=1S/C12H21NO/c1-9-3-2-4-11(8-5-9)13-12(14)10-6-7-10/h9-11H,2-8H2,1H3,(H,13,14). The Bertz CT molecular complexity index is 210. The van der Waals surface area contributed by atoms with E-state index in [-0.39, 0.29) is 0 Å². The van der Waals surface area contributed by atoms with Gasteiger partial charge in [0.05, 0.1) is 0 Å². The largest absolute Gasteiger partial charge is 0.353 e. The first kappa shape index (κ1) is 10.0. The maximum absolute atomic E-state index is 11.6. The Kier molecular flexibility index (Phi) is 3.09. The molecule has 1 N–H and O–H groups in total. The molecule has 2 aliphatic rings. The number of carbonyl (C=O) groups is 1. The summed E-state index contributed by atoms with van der Waals surface area (Å²) in [4.78, 5) is 11.6. The van der Waals surface area contributed by atoms with Gasteiger partial charge in [0.25, 0.3) is 0 Å². The predicted molar refractivity (Wildman–Crippen MR) is 56.9 cm³/mol. The molecule has 0 spiro atoms. The lowest BCUT2D eigenvalue weighted by molar-refractivity contribution is -0.123. The lowest BCUT2D eigenvalue weighted by atomic mass is 10.0. The second-order valence-electron chi connectivity index (χ2n) is 5.09. The Morgan fingerprint density at radius 2 is 1.86 bits per heavy atom. The summed E-state index contributed by atoms with van der Waals surface area (Å²) in [6, 6.07) is 0.480. The zero-order valence-corrected chi connectivity index (χ0v) is 9.09.